The Balaban J connectivity index is 2.02. The SMILES string of the molecule is C=C(C)C(=O)Oc1ccc(-c2ccc(-c3cc(OC(=O)C(=C)C)c(OC(=O)C(=C)C)cc3F)cc2)cc1OC(=O)C(=C)C. The van der Waals surface area contributed by atoms with Crippen LogP contribution in [0.5, 0.6) is 23.0 Å². The second-order valence-electron chi connectivity index (χ2n) is 9.70. The highest BCUT2D eigenvalue weighted by atomic mass is 19.1. The van der Waals surface area contributed by atoms with Gasteiger partial charge in [-0.05, 0) is 62.6 Å². The van der Waals surface area contributed by atoms with E-state index in [1.54, 1.807) is 30.3 Å². The molecule has 0 fully saturated rings. The summed E-state index contributed by atoms with van der Waals surface area (Å²) in [5, 5.41) is 0. The van der Waals surface area contributed by atoms with Crippen molar-refractivity contribution in [1.29, 1.82) is 0 Å². The zero-order valence-corrected chi connectivity index (χ0v) is 24.2. The molecule has 0 aliphatic carbocycles. The number of ether oxygens (including phenoxy) is 4. The summed E-state index contributed by atoms with van der Waals surface area (Å²) in [4.78, 5) is 48.6. The minimum Gasteiger partial charge on any atom is -0.419 e. The fourth-order valence-electron chi connectivity index (χ4n) is 3.36. The first-order valence-electron chi connectivity index (χ1n) is 12.8. The Bertz CT molecular complexity index is 1700. The van der Waals surface area contributed by atoms with E-state index in [-0.39, 0.29) is 50.9 Å². The molecule has 0 aliphatic rings. The van der Waals surface area contributed by atoms with E-state index in [0.717, 1.165) is 6.07 Å². The lowest BCUT2D eigenvalue weighted by molar-refractivity contribution is -0.132. The van der Waals surface area contributed by atoms with Gasteiger partial charge in [0.1, 0.15) is 5.82 Å². The molecular weight excluding hydrogens is 555 g/mol. The molecule has 8 nitrogen and oxygen atoms in total. The fourth-order valence-corrected chi connectivity index (χ4v) is 3.36. The normalized spacial score (nSPS) is 10.3. The molecule has 220 valence electrons. The second-order valence-corrected chi connectivity index (χ2v) is 9.70. The van der Waals surface area contributed by atoms with Crippen molar-refractivity contribution in [3.63, 3.8) is 0 Å². The predicted molar refractivity (Wildman–Crippen MR) is 159 cm³/mol. The fraction of sp³-hybridized carbons (Fsp3) is 0.118. The number of esters is 4. The number of halogens is 1. The molecule has 0 bridgehead atoms. The van der Waals surface area contributed by atoms with Gasteiger partial charge in [-0.2, -0.15) is 0 Å². The van der Waals surface area contributed by atoms with Crippen LogP contribution in [0.1, 0.15) is 27.7 Å². The number of hydrogen-bond donors (Lipinski definition) is 0. The van der Waals surface area contributed by atoms with E-state index in [4.69, 9.17) is 18.9 Å². The molecule has 0 aliphatic heterocycles. The third kappa shape index (κ3) is 8.01. The van der Waals surface area contributed by atoms with Gasteiger partial charge in [-0.15, -0.1) is 0 Å². The minimum atomic E-state index is -0.821. The van der Waals surface area contributed by atoms with Crippen molar-refractivity contribution in [1.82, 2.24) is 0 Å². The molecule has 0 atom stereocenters. The molecule has 0 saturated heterocycles. The highest BCUT2D eigenvalue weighted by Crippen LogP contribution is 2.38. The smallest absolute Gasteiger partial charge is 0.338 e. The molecule has 9 heteroatoms. The Morgan fingerprint density at radius 1 is 0.488 bits per heavy atom. The van der Waals surface area contributed by atoms with Gasteiger partial charge in [-0.3, -0.25) is 0 Å². The van der Waals surface area contributed by atoms with Crippen LogP contribution in [0.15, 0.2) is 103 Å². The molecule has 3 aromatic rings. The summed E-state index contributed by atoms with van der Waals surface area (Å²) in [5.41, 5.74) is 2.15. The molecule has 3 aromatic carbocycles. The quantitative estimate of drug-likeness (QED) is 0.141. The van der Waals surface area contributed by atoms with E-state index >= 15 is 4.39 Å². The van der Waals surface area contributed by atoms with Crippen molar-refractivity contribution in [3.05, 3.63) is 109 Å². The van der Waals surface area contributed by atoms with Crippen LogP contribution < -0.4 is 18.9 Å². The minimum absolute atomic E-state index is 0.00863. The average molecular weight is 585 g/mol. The zero-order valence-electron chi connectivity index (χ0n) is 24.2. The summed E-state index contributed by atoms with van der Waals surface area (Å²) < 4.78 is 36.4. The number of hydrogen-bond acceptors (Lipinski definition) is 8. The van der Waals surface area contributed by atoms with Crippen molar-refractivity contribution in [2.75, 3.05) is 0 Å². The highest BCUT2D eigenvalue weighted by Gasteiger charge is 2.20. The van der Waals surface area contributed by atoms with Gasteiger partial charge in [0.2, 0.25) is 0 Å². The number of rotatable bonds is 10. The van der Waals surface area contributed by atoms with Crippen LogP contribution in [0.3, 0.4) is 0 Å². The molecule has 0 unspecified atom stereocenters. The highest BCUT2D eigenvalue weighted by molar-refractivity contribution is 5.92. The largest absolute Gasteiger partial charge is 0.419 e. The Hall–Kier alpha value is -5.57. The maximum Gasteiger partial charge on any atom is 0.338 e. The van der Waals surface area contributed by atoms with Crippen molar-refractivity contribution in [2.24, 2.45) is 0 Å². The lowest BCUT2D eigenvalue weighted by Gasteiger charge is -2.14. The van der Waals surface area contributed by atoms with Gasteiger partial charge in [-0.25, -0.2) is 23.6 Å². The molecular formula is C34H29FO8. The Kier molecular flexibility index (Phi) is 9.95. The molecule has 0 spiro atoms. The molecule has 3 rings (SSSR count). The van der Waals surface area contributed by atoms with Crippen LogP contribution in [0.25, 0.3) is 22.3 Å². The summed E-state index contributed by atoms with van der Waals surface area (Å²) in [7, 11) is 0. The molecule has 0 radical (unpaired) electrons. The maximum absolute atomic E-state index is 15.3. The molecule has 0 saturated carbocycles. The predicted octanol–water partition coefficient (Wildman–Crippen LogP) is 7.09. The van der Waals surface area contributed by atoms with Crippen LogP contribution in [0.2, 0.25) is 0 Å². The van der Waals surface area contributed by atoms with Crippen LogP contribution in [-0.4, -0.2) is 23.9 Å². The van der Waals surface area contributed by atoms with Crippen LogP contribution in [0, 0.1) is 5.82 Å². The van der Waals surface area contributed by atoms with Gasteiger partial charge in [0.25, 0.3) is 0 Å². The Morgan fingerprint density at radius 2 is 0.837 bits per heavy atom. The van der Waals surface area contributed by atoms with E-state index in [9.17, 15) is 19.2 Å². The standard InChI is InChI=1S/C34H29FO8/c1-18(2)31(36)40-27-14-13-24(15-28(27)41-32(37)19(3)4)22-9-11-23(12-10-22)25-16-29(42-33(38)20(5)6)30(17-26(25)35)43-34(39)21(7)8/h9-17H,1,3,5,7H2,2,4,6,8H3. The number of benzene rings is 3. The third-order valence-electron chi connectivity index (χ3n) is 5.71. The average Bonchev–Trinajstić information content (AvgIpc) is 2.94. The zero-order chi connectivity index (χ0) is 32.0. The van der Waals surface area contributed by atoms with Crippen LogP contribution >= 0.6 is 0 Å². The van der Waals surface area contributed by atoms with Crippen molar-refractivity contribution >= 4 is 23.9 Å². The summed E-state index contributed by atoms with van der Waals surface area (Å²) in [6.07, 6.45) is 0. The van der Waals surface area contributed by atoms with E-state index < -0.39 is 29.7 Å². The number of carbonyl (C=O) groups excluding carboxylic acids is 4. The van der Waals surface area contributed by atoms with Crippen molar-refractivity contribution < 1.29 is 42.5 Å². The molecule has 0 heterocycles. The third-order valence-corrected chi connectivity index (χ3v) is 5.71. The molecule has 0 amide bonds. The van der Waals surface area contributed by atoms with Crippen molar-refractivity contribution in [2.45, 2.75) is 27.7 Å². The lowest BCUT2D eigenvalue weighted by atomic mass is 9.99. The molecule has 0 aromatic heterocycles. The van der Waals surface area contributed by atoms with E-state index in [1.807, 2.05) is 0 Å². The van der Waals surface area contributed by atoms with Crippen LogP contribution in [0.4, 0.5) is 4.39 Å². The number of carbonyl (C=O) groups is 4. The van der Waals surface area contributed by atoms with E-state index in [0.29, 0.717) is 16.7 Å². The first-order valence-corrected chi connectivity index (χ1v) is 12.8. The molecule has 43 heavy (non-hydrogen) atoms. The molecule has 0 N–H and O–H groups in total. The Labute approximate surface area is 248 Å². The van der Waals surface area contributed by atoms with Gasteiger partial charge < -0.3 is 18.9 Å². The van der Waals surface area contributed by atoms with Gasteiger partial charge in [0.05, 0.1) is 0 Å². The second kappa shape index (κ2) is 13.4. The Morgan fingerprint density at radius 3 is 1.28 bits per heavy atom. The first kappa shape index (κ1) is 32.0. The summed E-state index contributed by atoms with van der Waals surface area (Å²) in [6, 6.07) is 13.4. The monoisotopic (exact) mass is 584 g/mol. The van der Waals surface area contributed by atoms with E-state index in [2.05, 4.69) is 26.3 Å². The lowest BCUT2D eigenvalue weighted by Crippen LogP contribution is -2.13. The van der Waals surface area contributed by atoms with Crippen LogP contribution in [-0.2, 0) is 19.2 Å². The van der Waals surface area contributed by atoms with Gasteiger partial charge >= 0.3 is 23.9 Å². The summed E-state index contributed by atoms with van der Waals surface area (Å²) in [6.45, 7) is 20.0. The topological polar surface area (TPSA) is 105 Å². The first-order chi connectivity index (χ1) is 20.2. The van der Waals surface area contributed by atoms with Crippen molar-refractivity contribution in [3.8, 4) is 45.3 Å². The summed E-state index contributed by atoms with van der Waals surface area (Å²) in [5.74, 6) is -4.26. The van der Waals surface area contributed by atoms with Gasteiger partial charge in [-0.1, -0.05) is 56.6 Å². The van der Waals surface area contributed by atoms with E-state index in [1.165, 1.54) is 45.9 Å². The van der Waals surface area contributed by atoms with Gasteiger partial charge in [0.15, 0.2) is 23.0 Å². The van der Waals surface area contributed by atoms with Gasteiger partial charge in [0, 0.05) is 33.9 Å². The maximum atomic E-state index is 15.3. The summed E-state index contributed by atoms with van der Waals surface area (Å²) >= 11 is 0.